The average molecular weight is 334 g/mol. The Morgan fingerprint density at radius 3 is 2.39 bits per heavy atom. The molecule has 0 aliphatic carbocycles. The highest BCUT2D eigenvalue weighted by Gasteiger charge is 2.26. The first-order chi connectivity index (χ1) is 11.0. The number of aromatic carboxylic acids is 1. The Bertz CT molecular complexity index is 714. The van der Waals surface area contributed by atoms with Crippen molar-refractivity contribution in [2.24, 2.45) is 0 Å². The van der Waals surface area contributed by atoms with Crippen molar-refractivity contribution in [1.82, 2.24) is 4.90 Å². The predicted octanol–water partition coefficient (Wildman–Crippen LogP) is 3.65. The number of furan rings is 1. The van der Waals surface area contributed by atoms with Crippen molar-refractivity contribution in [1.29, 1.82) is 0 Å². The third-order valence-corrected chi connectivity index (χ3v) is 4.43. The number of carboxylic acid groups (broad SMARTS) is 1. The van der Waals surface area contributed by atoms with E-state index in [1.807, 2.05) is 24.3 Å². The van der Waals surface area contributed by atoms with Gasteiger partial charge >= 0.3 is 5.97 Å². The number of carbonyl (C=O) groups excluding carboxylic acids is 1. The summed E-state index contributed by atoms with van der Waals surface area (Å²) in [6, 6.07) is 9.08. The molecule has 0 saturated carbocycles. The molecule has 1 aromatic heterocycles. The van der Waals surface area contributed by atoms with Crippen molar-refractivity contribution in [3.05, 3.63) is 58.5 Å². The minimum atomic E-state index is -1.10. The van der Waals surface area contributed by atoms with Gasteiger partial charge in [-0.25, -0.2) is 4.79 Å². The van der Waals surface area contributed by atoms with Crippen molar-refractivity contribution in [3.63, 3.8) is 0 Å². The van der Waals surface area contributed by atoms with Crippen LogP contribution in [0.5, 0.6) is 0 Å². The molecule has 0 unspecified atom stereocenters. The molecule has 1 N–H and O–H groups in total. The van der Waals surface area contributed by atoms with E-state index in [9.17, 15) is 9.59 Å². The number of hydrogen-bond acceptors (Lipinski definition) is 3. The zero-order valence-electron chi connectivity index (χ0n) is 12.4. The molecule has 2 heterocycles. The normalized spacial score (nSPS) is 15.6. The molecule has 1 aliphatic rings. The van der Waals surface area contributed by atoms with E-state index >= 15 is 0 Å². The van der Waals surface area contributed by atoms with Gasteiger partial charge in [-0.3, -0.25) is 4.79 Å². The van der Waals surface area contributed by atoms with Crippen LogP contribution in [-0.4, -0.2) is 35.0 Å². The van der Waals surface area contributed by atoms with Crippen LogP contribution >= 0.6 is 11.6 Å². The van der Waals surface area contributed by atoms with Crippen molar-refractivity contribution in [3.8, 4) is 0 Å². The third kappa shape index (κ3) is 3.40. The van der Waals surface area contributed by atoms with E-state index in [-0.39, 0.29) is 17.2 Å². The lowest BCUT2D eigenvalue weighted by Crippen LogP contribution is -2.37. The highest BCUT2D eigenvalue weighted by atomic mass is 35.5. The maximum absolute atomic E-state index is 12.3. The number of nitrogens with zero attached hydrogens (tertiary/aromatic N) is 1. The number of halogens is 1. The van der Waals surface area contributed by atoms with E-state index in [1.165, 1.54) is 11.6 Å². The maximum Gasteiger partial charge on any atom is 0.338 e. The van der Waals surface area contributed by atoms with Gasteiger partial charge in [-0.15, -0.1) is 0 Å². The van der Waals surface area contributed by atoms with Crippen molar-refractivity contribution in [2.45, 2.75) is 18.8 Å². The van der Waals surface area contributed by atoms with Crippen LogP contribution in [0.2, 0.25) is 5.02 Å². The number of likely N-dealkylation sites (tertiary alicyclic amines) is 1. The lowest BCUT2D eigenvalue weighted by atomic mass is 9.89. The fourth-order valence-corrected chi connectivity index (χ4v) is 2.99. The second kappa shape index (κ2) is 6.46. The summed E-state index contributed by atoms with van der Waals surface area (Å²) < 4.78 is 5.08. The van der Waals surface area contributed by atoms with Crippen molar-refractivity contribution in [2.75, 3.05) is 13.1 Å². The Hall–Kier alpha value is -2.27. The largest absolute Gasteiger partial charge is 0.478 e. The summed E-state index contributed by atoms with van der Waals surface area (Å²) in [6.45, 7) is 1.24. The van der Waals surface area contributed by atoms with Gasteiger partial charge in [0.1, 0.15) is 6.26 Å². The molecule has 1 saturated heterocycles. The molecular weight excluding hydrogens is 318 g/mol. The fraction of sp³-hybridized carbons (Fsp3) is 0.294. The van der Waals surface area contributed by atoms with Gasteiger partial charge in [-0.1, -0.05) is 23.7 Å². The van der Waals surface area contributed by atoms with Crippen LogP contribution in [0.3, 0.4) is 0 Å². The van der Waals surface area contributed by atoms with Crippen LogP contribution < -0.4 is 0 Å². The Kier molecular flexibility index (Phi) is 4.39. The summed E-state index contributed by atoms with van der Waals surface area (Å²) in [5.74, 6) is -0.879. The number of carboxylic acids is 1. The summed E-state index contributed by atoms with van der Waals surface area (Å²) in [5.41, 5.74) is 1.22. The minimum Gasteiger partial charge on any atom is -0.478 e. The van der Waals surface area contributed by atoms with Gasteiger partial charge in [0, 0.05) is 24.2 Å². The Morgan fingerprint density at radius 2 is 1.83 bits per heavy atom. The minimum absolute atomic E-state index is 0.00981. The Balaban J connectivity index is 1.62. The van der Waals surface area contributed by atoms with E-state index in [2.05, 4.69) is 0 Å². The zero-order chi connectivity index (χ0) is 16.4. The molecule has 1 aliphatic heterocycles. The Morgan fingerprint density at radius 1 is 1.17 bits per heavy atom. The molecule has 1 amide bonds. The molecule has 0 radical (unpaired) electrons. The van der Waals surface area contributed by atoms with E-state index < -0.39 is 5.97 Å². The van der Waals surface area contributed by atoms with Crippen LogP contribution in [0.15, 0.2) is 41.0 Å². The van der Waals surface area contributed by atoms with Gasteiger partial charge in [0.2, 0.25) is 0 Å². The van der Waals surface area contributed by atoms with E-state index in [0.717, 1.165) is 19.1 Å². The van der Waals surface area contributed by atoms with Crippen LogP contribution in [0.25, 0.3) is 0 Å². The molecule has 23 heavy (non-hydrogen) atoms. The van der Waals surface area contributed by atoms with Gasteiger partial charge in [-0.2, -0.15) is 0 Å². The molecule has 3 rings (SSSR count). The molecule has 6 heteroatoms. The summed E-state index contributed by atoms with van der Waals surface area (Å²) in [7, 11) is 0. The van der Waals surface area contributed by atoms with E-state index in [1.54, 1.807) is 4.90 Å². The highest BCUT2D eigenvalue weighted by Crippen LogP contribution is 2.29. The van der Waals surface area contributed by atoms with Gasteiger partial charge < -0.3 is 14.4 Å². The van der Waals surface area contributed by atoms with Crippen LogP contribution in [0, 0.1) is 0 Å². The van der Waals surface area contributed by atoms with Gasteiger partial charge in [0.15, 0.2) is 5.76 Å². The number of hydrogen-bond donors (Lipinski definition) is 1. The van der Waals surface area contributed by atoms with Crippen LogP contribution in [0.1, 0.15) is 45.2 Å². The molecule has 5 nitrogen and oxygen atoms in total. The molecule has 120 valence electrons. The molecule has 1 fully saturated rings. The van der Waals surface area contributed by atoms with Crippen LogP contribution in [-0.2, 0) is 0 Å². The summed E-state index contributed by atoms with van der Waals surface area (Å²) in [6.07, 6.45) is 2.82. The number of rotatable bonds is 3. The third-order valence-electron chi connectivity index (χ3n) is 4.18. The number of amides is 1. The first-order valence-corrected chi connectivity index (χ1v) is 7.79. The standard InChI is InChI=1S/C17H16ClNO4/c18-14-3-1-11(2-4-14)12-5-7-19(8-6-12)16(20)15-9-13(10-23-15)17(21)22/h1-4,9-10,12H,5-8H2,(H,21,22). The molecule has 1 aromatic carbocycles. The van der Waals surface area contributed by atoms with Gasteiger partial charge in [-0.05, 0) is 36.5 Å². The maximum atomic E-state index is 12.3. The fourth-order valence-electron chi connectivity index (χ4n) is 2.87. The number of carbonyl (C=O) groups is 2. The van der Waals surface area contributed by atoms with E-state index in [4.69, 9.17) is 21.1 Å². The predicted molar refractivity (Wildman–Crippen MR) is 85.0 cm³/mol. The lowest BCUT2D eigenvalue weighted by Gasteiger charge is -2.31. The molecule has 0 atom stereocenters. The smallest absolute Gasteiger partial charge is 0.338 e. The quantitative estimate of drug-likeness (QED) is 0.930. The zero-order valence-corrected chi connectivity index (χ0v) is 13.1. The summed E-state index contributed by atoms with van der Waals surface area (Å²) >= 11 is 5.90. The highest BCUT2D eigenvalue weighted by molar-refractivity contribution is 6.30. The molecule has 0 spiro atoms. The summed E-state index contributed by atoms with van der Waals surface area (Å²) in [5, 5.41) is 9.59. The first kappa shape index (κ1) is 15.6. The Labute approximate surface area is 138 Å². The first-order valence-electron chi connectivity index (χ1n) is 7.41. The summed E-state index contributed by atoms with van der Waals surface area (Å²) in [4.78, 5) is 24.9. The van der Waals surface area contributed by atoms with E-state index in [0.29, 0.717) is 24.0 Å². The van der Waals surface area contributed by atoms with Crippen molar-refractivity contribution < 1.29 is 19.1 Å². The number of benzene rings is 1. The molecule has 0 bridgehead atoms. The van der Waals surface area contributed by atoms with Gasteiger partial charge in [0.05, 0.1) is 5.56 Å². The van der Waals surface area contributed by atoms with Gasteiger partial charge in [0.25, 0.3) is 5.91 Å². The van der Waals surface area contributed by atoms with Crippen LogP contribution in [0.4, 0.5) is 0 Å². The monoisotopic (exact) mass is 333 g/mol. The second-order valence-corrected chi connectivity index (χ2v) is 6.06. The van der Waals surface area contributed by atoms with Crippen molar-refractivity contribution >= 4 is 23.5 Å². The molecular formula is C17H16ClNO4. The SMILES string of the molecule is O=C(O)c1coc(C(=O)N2CCC(c3ccc(Cl)cc3)CC2)c1. The topological polar surface area (TPSA) is 70.7 Å². The second-order valence-electron chi connectivity index (χ2n) is 5.62. The lowest BCUT2D eigenvalue weighted by molar-refractivity contribution is 0.0677. The number of piperidine rings is 1. The average Bonchev–Trinajstić information content (AvgIpc) is 3.05. The molecule has 2 aromatic rings.